The SMILES string of the molecule is Cc1c(Cc2ccccc2)sc2ccc3ccccc3c12. The Balaban J connectivity index is 1.92. The molecule has 0 nitrogen and oxygen atoms in total. The van der Waals surface area contributed by atoms with Crippen LogP contribution in [0.4, 0.5) is 0 Å². The maximum Gasteiger partial charge on any atom is 0.0355 e. The van der Waals surface area contributed by atoms with Crippen LogP contribution in [0.1, 0.15) is 16.0 Å². The van der Waals surface area contributed by atoms with E-state index in [1.165, 1.54) is 36.9 Å². The van der Waals surface area contributed by atoms with E-state index in [0.717, 1.165) is 6.42 Å². The minimum absolute atomic E-state index is 1.03. The molecule has 0 atom stereocenters. The van der Waals surface area contributed by atoms with Crippen molar-refractivity contribution in [1.82, 2.24) is 0 Å². The first kappa shape index (κ1) is 12.6. The highest BCUT2D eigenvalue weighted by atomic mass is 32.1. The Kier molecular flexibility index (Phi) is 3.01. The number of thiophene rings is 1. The lowest BCUT2D eigenvalue weighted by atomic mass is 10.0. The predicted molar refractivity (Wildman–Crippen MR) is 93.3 cm³/mol. The summed E-state index contributed by atoms with van der Waals surface area (Å²) in [7, 11) is 0. The fraction of sp³-hybridized carbons (Fsp3) is 0.100. The molecule has 0 aliphatic rings. The topological polar surface area (TPSA) is 0 Å². The van der Waals surface area contributed by atoms with Crippen LogP contribution in [0.25, 0.3) is 20.9 Å². The largest absolute Gasteiger partial charge is 0.140 e. The third kappa shape index (κ3) is 2.14. The second-order valence-corrected chi connectivity index (χ2v) is 6.61. The summed E-state index contributed by atoms with van der Waals surface area (Å²) in [6, 6.07) is 23.9. The van der Waals surface area contributed by atoms with Crippen molar-refractivity contribution in [2.75, 3.05) is 0 Å². The number of rotatable bonds is 2. The molecular weight excluding hydrogens is 272 g/mol. The molecule has 0 aliphatic carbocycles. The van der Waals surface area contributed by atoms with Gasteiger partial charge in [-0.1, -0.05) is 60.7 Å². The van der Waals surface area contributed by atoms with Crippen LogP contribution in [-0.2, 0) is 6.42 Å². The Labute approximate surface area is 128 Å². The molecule has 4 rings (SSSR count). The molecule has 0 N–H and O–H groups in total. The summed E-state index contributed by atoms with van der Waals surface area (Å²) in [4.78, 5) is 1.48. The van der Waals surface area contributed by atoms with Gasteiger partial charge in [0.1, 0.15) is 0 Å². The highest BCUT2D eigenvalue weighted by Crippen LogP contribution is 2.37. The van der Waals surface area contributed by atoms with E-state index in [1.807, 2.05) is 11.3 Å². The van der Waals surface area contributed by atoms with Gasteiger partial charge in [-0.2, -0.15) is 0 Å². The average Bonchev–Trinajstić information content (AvgIpc) is 2.85. The van der Waals surface area contributed by atoms with Gasteiger partial charge in [-0.25, -0.2) is 0 Å². The lowest BCUT2D eigenvalue weighted by molar-refractivity contribution is 1.22. The second kappa shape index (κ2) is 5.01. The Morgan fingerprint density at radius 2 is 1.57 bits per heavy atom. The summed E-state index contributed by atoms with van der Waals surface area (Å²) >= 11 is 1.93. The summed E-state index contributed by atoms with van der Waals surface area (Å²) in [6.45, 7) is 2.27. The van der Waals surface area contributed by atoms with Crippen molar-refractivity contribution in [2.45, 2.75) is 13.3 Å². The van der Waals surface area contributed by atoms with Gasteiger partial charge in [0.2, 0.25) is 0 Å². The second-order valence-electron chi connectivity index (χ2n) is 5.47. The molecule has 1 heteroatoms. The third-order valence-corrected chi connectivity index (χ3v) is 5.38. The summed E-state index contributed by atoms with van der Waals surface area (Å²) < 4.78 is 1.40. The van der Waals surface area contributed by atoms with Crippen LogP contribution < -0.4 is 0 Å². The molecule has 1 aromatic heterocycles. The van der Waals surface area contributed by atoms with Gasteiger partial charge in [-0.15, -0.1) is 11.3 Å². The highest BCUT2D eigenvalue weighted by molar-refractivity contribution is 7.19. The van der Waals surface area contributed by atoms with E-state index in [9.17, 15) is 0 Å². The third-order valence-electron chi connectivity index (χ3n) is 4.12. The van der Waals surface area contributed by atoms with Crippen LogP contribution >= 0.6 is 11.3 Å². The van der Waals surface area contributed by atoms with E-state index < -0.39 is 0 Å². The molecule has 0 unspecified atom stereocenters. The maximum atomic E-state index is 2.27. The minimum Gasteiger partial charge on any atom is -0.140 e. The van der Waals surface area contributed by atoms with Gasteiger partial charge in [-0.05, 0) is 34.9 Å². The van der Waals surface area contributed by atoms with E-state index in [0.29, 0.717) is 0 Å². The molecule has 4 aromatic rings. The van der Waals surface area contributed by atoms with E-state index in [1.54, 1.807) is 0 Å². The zero-order valence-corrected chi connectivity index (χ0v) is 12.8. The van der Waals surface area contributed by atoms with Gasteiger partial charge < -0.3 is 0 Å². The standard InChI is InChI=1S/C20H16S/c1-14-19(13-15-7-3-2-4-8-15)21-18-12-11-16-9-5-6-10-17(16)20(14)18/h2-12H,13H2,1H3. The van der Waals surface area contributed by atoms with Gasteiger partial charge >= 0.3 is 0 Å². The van der Waals surface area contributed by atoms with Crippen molar-refractivity contribution in [3.05, 3.63) is 82.7 Å². The lowest BCUT2D eigenvalue weighted by Crippen LogP contribution is -1.86. The zero-order valence-electron chi connectivity index (χ0n) is 12.0. The Morgan fingerprint density at radius 3 is 2.43 bits per heavy atom. The first-order chi connectivity index (χ1) is 10.3. The van der Waals surface area contributed by atoms with Gasteiger partial charge in [0, 0.05) is 21.4 Å². The quantitative estimate of drug-likeness (QED) is 0.427. The van der Waals surface area contributed by atoms with Crippen molar-refractivity contribution in [3.8, 4) is 0 Å². The van der Waals surface area contributed by atoms with Crippen LogP contribution in [0.5, 0.6) is 0 Å². The first-order valence-corrected chi connectivity index (χ1v) is 8.08. The van der Waals surface area contributed by atoms with Crippen molar-refractivity contribution in [2.24, 2.45) is 0 Å². The van der Waals surface area contributed by atoms with Crippen LogP contribution in [0.15, 0.2) is 66.7 Å². The molecule has 3 aromatic carbocycles. The van der Waals surface area contributed by atoms with Gasteiger partial charge in [0.15, 0.2) is 0 Å². The van der Waals surface area contributed by atoms with Gasteiger partial charge in [0.05, 0.1) is 0 Å². The molecule has 0 saturated carbocycles. The molecular formula is C20H16S. The van der Waals surface area contributed by atoms with Crippen LogP contribution in [-0.4, -0.2) is 0 Å². The molecule has 0 fully saturated rings. The molecule has 1 heterocycles. The fourth-order valence-corrected chi connectivity index (χ4v) is 4.28. The number of hydrogen-bond acceptors (Lipinski definition) is 1. The molecule has 0 aliphatic heterocycles. The summed E-state index contributed by atoms with van der Waals surface area (Å²) in [5.41, 5.74) is 2.83. The molecule has 102 valence electrons. The molecule has 0 radical (unpaired) electrons. The fourth-order valence-electron chi connectivity index (χ4n) is 3.02. The highest BCUT2D eigenvalue weighted by Gasteiger charge is 2.11. The first-order valence-electron chi connectivity index (χ1n) is 7.26. The monoisotopic (exact) mass is 288 g/mol. The van der Waals surface area contributed by atoms with Crippen molar-refractivity contribution < 1.29 is 0 Å². The van der Waals surface area contributed by atoms with Crippen LogP contribution in [0.2, 0.25) is 0 Å². The molecule has 0 bridgehead atoms. The maximum absolute atomic E-state index is 2.27. The van der Waals surface area contributed by atoms with Gasteiger partial charge in [0.25, 0.3) is 0 Å². The lowest BCUT2D eigenvalue weighted by Gasteiger charge is -2.02. The summed E-state index contributed by atoms with van der Waals surface area (Å²) in [6.07, 6.45) is 1.03. The number of aryl methyl sites for hydroxylation is 1. The van der Waals surface area contributed by atoms with Crippen molar-refractivity contribution in [3.63, 3.8) is 0 Å². The van der Waals surface area contributed by atoms with E-state index in [-0.39, 0.29) is 0 Å². The Morgan fingerprint density at radius 1 is 0.810 bits per heavy atom. The smallest absolute Gasteiger partial charge is 0.0355 e. The Bertz CT molecular complexity index is 917. The summed E-state index contributed by atoms with van der Waals surface area (Å²) in [5.74, 6) is 0. The average molecular weight is 288 g/mol. The Hall–Kier alpha value is -2.12. The van der Waals surface area contributed by atoms with Crippen molar-refractivity contribution >= 4 is 32.2 Å². The number of benzene rings is 3. The summed E-state index contributed by atoms with van der Waals surface area (Å²) in [5, 5.41) is 4.14. The van der Waals surface area contributed by atoms with E-state index in [2.05, 4.69) is 73.7 Å². The minimum atomic E-state index is 1.03. The van der Waals surface area contributed by atoms with Crippen LogP contribution in [0.3, 0.4) is 0 Å². The van der Waals surface area contributed by atoms with Crippen LogP contribution in [0, 0.1) is 6.92 Å². The van der Waals surface area contributed by atoms with E-state index in [4.69, 9.17) is 0 Å². The number of hydrogen-bond donors (Lipinski definition) is 0. The molecule has 0 spiro atoms. The van der Waals surface area contributed by atoms with Gasteiger partial charge in [-0.3, -0.25) is 0 Å². The molecule has 21 heavy (non-hydrogen) atoms. The molecule has 0 amide bonds. The molecule has 0 saturated heterocycles. The van der Waals surface area contributed by atoms with E-state index >= 15 is 0 Å². The zero-order chi connectivity index (χ0) is 14.2. The number of fused-ring (bicyclic) bond motifs is 3. The predicted octanol–water partition coefficient (Wildman–Crippen LogP) is 5.95. The normalized spacial score (nSPS) is 11.3. The van der Waals surface area contributed by atoms with Crippen molar-refractivity contribution in [1.29, 1.82) is 0 Å².